The van der Waals surface area contributed by atoms with E-state index < -0.39 is 6.04 Å². The van der Waals surface area contributed by atoms with Crippen molar-refractivity contribution in [2.24, 2.45) is 4.99 Å². The Morgan fingerprint density at radius 3 is 3.00 bits per heavy atom. The molecule has 0 bridgehead atoms. The molecular formula is C15H10N4O2S. The maximum Gasteiger partial charge on any atom is 0.255 e. The number of carbonyl (C=O) groups is 1. The Morgan fingerprint density at radius 1 is 1.27 bits per heavy atom. The maximum absolute atomic E-state index is 12.5. The number of carbonyl (C=O) groups excluding carboxylic acids is 1. The fourth-order valence-corrected chi connectivity index (χ4v) is 2.96. The Bertz CT molecular complexity index is 840. The van der Waals surface area contributed by atoms with Crippen molar-refractivity contribution in [3.8, 4) is 0 Å². The molecule has 0 aliphatic carbocycles. The highest BCUT2D eigenvalue weighted by Gasteiger charge is 2.29. The molecule has 0 saturated carbocycles. The fourth-order valence-electron chi connectivity index (χ4n) is 2.30. The van der Waals surface area contributed by atoms with Crippen LogP contribution in [0.5, 0.6) is 0 Å². The lowest BCUT2D eigenvalue weighted by molar-refractivity contribution is -0.117. The molecule has 4 heterocycles. The number of nitrogens with one attached hydrogen (secondary N) is 1. The zero-order valence-electron chi connectivity index (χ0n) is 11.3. The van der Waals surface area contributed by atoms with Gasteiger partial charge in [0.15, 0.2) is 11.8 Å². The molecule has 3 aromatic heterocycles. The number of anilines is 1. The van der Waals surface area contributed by atoms with Crippen LogP contribution in [0.3, 0.4) is 0 Å². The second-order valence-corrected chi connectivity index (χ2v) is 5.57. The van der Waals surface area contributed by atoms with Crippen LogP contribution in [-0.4, -0.2) is 21.6 Å². The van der Waals surface area contributed by atoms with Gasteiger partial charge in [0.1, 0.15) is 11.5 Å². The summed E-state index contributed by atoms with van der Waals surface area (Å²) in [5, 5.41) is 2.83. The van der Waals surface area contributed by atoms with E-state index in [9.17, 15) is 4.79 Å². The van der Waals surface area contributed by atoms with Crippen molar-refractivity contribution in [1.82, 2.24) is 9.97 Å². The van der Waals surface area contributed by atoms with Crippen molar-refractivity contribution < 1.29 is 9.21 Å². The van der Waals surface area contributed by atoms with Crippen LogP contribution in [0.15, 0.2) is 57.8 Å². The van der Waals surface area contributed by atoms with Crippen molar-refractivity contribution >= 4 is 28.8 Å². The molecule has 1 N–H and O–H groups in total. The van der Waals surface area contributed by atoms with Gasteiger partial charge < -0.3 is 9.73 Å². The van der Waals surface area contributed by atoms with E-state index in [1.54, 1.807) is 36.3 Å². The number of hydrogen-bond donors (Lipinski definition) is 1. The Hall–Kier alpha value is -2.80. The number of aromatic nitrogens is 2. The van der Waals surface area contributed by atoms with Crippen LogP contribution in [0.4, 0.5) is 5.82 Å². The first-order valence-electron chi connectivity index (χ1n) is 6.59. The third-order valence-electron chi connectivity index (χ3n) is 3.29. The molecule has 0 spiro atoms. The Morgan fingerprint density at radius 2 is 2.23 bits per heavy atom. The highest BCUT2D eigenvalue weighted by atomic mass is 32.1. The largest absolute Gasteiger partial charge is 0.463 e. The van der Waals surface area contributed by atoms with Crippen molar-refractivity contribution in [3.05, 3.63) is 64.6 Å². The molecular weight excluding hydrogens is 300 g/mol. The molecule has 22 heavy (non-hydrogen) atoms. The number of nitrogens with zero attached hydrogens (tertiary/aromatic N) is 3. The van der Waals surface area contributed by atoms with Gasteiger partial charge in [-0.25, -0.2) is 4.98 Å². The van der Waals surface area contributed by atoms with E-state index >= 15 is 0 Å². The summed E-state index contributed by atoms with van der Waals surface area (Å²) in [7, 11) is 0. The number of furan rings is 1. The van der Waals surface area contributed by atoms with Crippen LogP contribution >= 0.6 is 11.3 Å². The molecule has 1 unspecified atom stereocenters. The highest BCUT2D eigenvalue weighted by Crippen LogP contribution is 2.30. The summed E-state index contributed by atoms with van der Waals surface area (Å²) < 4.78 is 5.48. The minimum atomic E-state index is -0.665. The van der Waals surface area contributed by atoms with Gasteiger partial charge in [-0.3, -0.25) is 14.8 Å². The second-order valence-electron chi connectivity index (χ2n) is 4.65. The monoisotopic (exact) mass is 310 g/mol. The number of rotatable bonds is 2. The molecule has 0 saturated heterocycles. The Balaban J connectivity index is 1.92. The number of amides is 1. The lowest BCUT2D eigenvalue weighted by atomic mass is 10.1. The van der Waals surface area contributed by atoms with Gasteiger partial charge in [-0.2, -0.15) is 0 Å². The van der Waals surface area contributed by atoms with Crippen molar-refractivity contribution in [3.63, 3.8) is 0 Å². The van der Waals surface area contributed by atoms with Crippen LogP contribution in [0.25, 0.3) is 0 Å². The highest BCUT2D eigenvalue weighted by molar-refractivity contribution is 7.09. The summed E-state index contributed by atoms with van der Waals surface area (Å²) >= 11 is 1.39. The van der Waals surface area contributed by atoms with Crippen molar-refractivity contribution in [2.45, 2.75) is 6.04 Å². The van der Waals surface area contributed by atoms with Crippen LogP contribution in [0, 0.1) is 0 Å². The molecule has 6 nitrogen and oxygen atoms in total. The van der Waals surface area contributed by atoms with E-state index in [1.165, 1.54) is 11.3 Å². The average Bonchev–Trinajstić information content (AvgIpc) is 3.20. The van der Waals surface area contributed by atoms with Gasteiger partial charge in [-0.15, -0.1) is 11.3 Å². The molecule has 0 aromatic carbocycles. The average molecular weight is 310 g/mol. The summed E-state index contributed by atoms with van der Waals surface area (Å²) in [6.45, 7) is 0. The molecule has 1 aliphatic heterocycles. The molecule has 3 aromatic rings. The molecule has 0 fully saturated rings. The third kappa shape index (κ3) is 2.11. The van der Waals surface area contributed by atoms with Crippen molar-refractivity contribution in [2.75, 3.05) is 5.32 Å². The minimum Gasteiger partial charge on any atom is -0.463 e. The third-order valence-corrected chi connectivity index (χ3v) is 4.11. The zero-order chi connectivity index (χ0) is 14.9. The van der Waals surface area contributed by atoms with Crippen LogP contribution in [-0.2, 0) is 4.79 Å². The number of pyridine rings is 1. The van der Waals surface area contributed by atoms with Gasteiger partial charge in [0, 0.05) is 18.0 Å². The number of hydrogen-bond acceptors (Lipinski definition) is 6. The van der Waals surface area contributed by atoms with E-state index in [0.717, 1.165) is 10.4 Å². The first-order chi connectivity index (χ1) is 10.8. The summed E-state index contributed by atoms with van der Waals surface area (Å²) in [5.74, 6) is 0.848. The SMILES string of the molecule is O=C1Nc2ncccc2C(c2ccco2)=NC1c1cncs1. The van der Waals surface area contributed by atoms with Gasteiger partial charge >= 0.3 is 0 Å². The quantitative estimate of drug-likeness (QED) is 0.789. The van der Waals surface area contributed by atoms with E-state index in [-0.39, 0.29) is 5.91 Å². The predicted molar refractivity (Wildman–Crippen MR) is 82.1 cm³/mol. The first-order valence-corrected chi connectivity index (χ1v) is 7.47. The first kappa shape index (κ1) is 12.9. The second kappa shape index (κ2) is 5.19. The Kier molecular flexibility index (Phi) is 3.05. The lowest BCUT2D eigenvalue weighted by Gasteiger charge is -2.07. The number of aliphatic imine (C=N–C) groups is 1. The zero-order valence-corrected chi connectivity index (χ0v) is 12.1. The van der Waals surface area contributed by atoms with Crippen LogP contribution in [0.2, 0.25) is 0 Å². The molecule has 4 rings (SSSR count). The number of thiazole rings is 1. The molecule has 7 heteroatoms. The van der Waals surface area contributed by atoms with Crippen LogP contribution in [0.1, 0.15) is 22.2 Å². The van der Waals surface area contributed by atoms with E-state index in [0.29, 0.717) is 17.3 Å². The van der Waals surface area contributed by atoms with Crippen molar-refractivity contribution in [1.29, 1.82) is 0 Å². The van der Waals surface area contributed by atoms with Gasteiger partial charge in [0.2, 0.25) is 0 Å². The number of fused-ring (bicyclic) bond motifs is 1. The van der Waals surface area contributed by atoms with Gasteiger partial charge in [-0.05, 0) is 24.3 Å². The standard InChI is InChI=1S/C15H10N4O2S/c20-15-13(11-7-16-8-22-11)18-12(10-4-2-6-21-10)9-3-1-5-17-14(9)19-15/h1-8,13H,(H,17,19,20). The Labute approximate surface area is 129 Å². The molecule has 1 amide bonds. The van der Waals surface area contributed by atoms with E-state index in [1.807, 2.05) is 12.1 Å². The molecule has 1 aliphatic rings. The van der Waals surface area contributed by atoms with E-state index in [4.69, 9.17) is 4.42 Å². The predicted octanol–water partition coefficient (Wildman–Crippen LogP) is 2.66. The van der Waals surface area contributed by atoms with E-state index in [2.05, 4.69) is 20.3 Å². The maximum atomic E-state index is 12.5. The van der Waals surface area contributed by atoms with Gasteiger partial charge in [-0.1, -0.05) is 0 Å². The molecule has 0 radical (unpaired) electrons. The fraction of sp³-hybridized carbons (Fsp3) is 0.0667. The summed E-state index contributed by atoms with van der Waals surface area (Å²) in [4.78, 5) is 26.1. The molecule has 108 valence electrons. The van der Waals surface area contributed by atoms with Crippen LogP contribution < -0.4 is 5.32 Å². The topological polar surface area (TPSA) is 80.4 Å². The van der Waals surface area contributed by atoms with Gasteiger partial charge in [0.05, 0.1) is 16.7 Å². The normalized spacial score (nSPS) is 17.4. The summed E-state index contributed by atoms with van der Waals surface area (Å²) in [6.07, 6.45) is 4.86. The minimum absolute atomic E-state index is 0.231. The lowest BCUT2D eigenvalue weighted by Crippen LogP contribution is -2.18. The molecule has 1 atom stereocenters. The summed E-state index contributed by atoms with van der Waals surface area (Å²) in [6, 6.07) is 6.60. The van der Waals surface area contributed by atoms with Gasteiger partial charge in [0.25, 0.3) is 5.91 Å². The smallest absolute Gasteiger partial charge is 0.255 e. The summed E-state index contributed by atoms with van der Waals surface area (Å²) in [5.41, 5.74) is 3.02.